The van der Waals surface area contributed by atoms with Gasteiger partial charge < -0.3 is 14.9 Å². The van der Waals surface area contributed by atoms with Crippen LogP contribution < -0.4 is 0 Å². The van der Waals surface area contributed by atoms with Gasteiger partial charge in [-0.15, -0.1) is 0 Å². The second kappa shape index (κ2) is 4.51. The summed E-state index contributed by atoms with van der Waals surface area (Å²) in [6.45, 7) is -0.00529. The number of amides is 2. The van der Waals surface area contributed by atoms with E-state index >= 15 is 0 Å². The Hall–Kier alpha value is -1.59. The third kappa shape index (κ3) is 2.71. The number of nitrogens with zero attached hydrogens (tertiary/aromatic N) is 2. The van der Waals surface area contributed by atoms with Crippen LogP contribution in [0, 0.1) is 11.8 Å². The summed E-state index contributed by atoms with van der Waals surface area (Å²) in [4.78, 5) is 36.3. The van der Waals surface area contributed by atoms with Gasteiger partial charge in [0.25, 0.3) is 0 Å². The maximum atomic E-state index is 11.7. The number of carboxylic acid groups (broad SMARTS) is 1. The van der Waals surface area contributed by atoms with Gasteiger partial charge >= 0.3 is 5.97 Å². The Kier molecular flexibility index (Phi) is 3.51. The van der Waals surface area contributed by atoms with Crippen LogP contribution in [0.5, 0.6) is 0 Å². The monoisotopic (exact) mass is 228 g/mol. The van der Waals surface area contributed by atoms with Crippen LogP contribution in [0.15, 0.2) is 0 Å². The number of carbonyl (C=O) groups is 3. The molecule has 1 aliphatic rings. The van der Waals surface area contributed by atoms with Gasteiger partial charge in [-0.05, 0) is 6.42 Å². The van der Waals surface area contributed by atoms with E-state index in [9.17, 15) is 14.4 Å². The molecule has 2 amide bonds. The van der Waals surface area contributed by atoms with Gasteiger partial charge in [-0.1, -0.05) is 0 Å². The molecule has 90 valence electrons. The lowest BCUT2D eigenvalue weighted by atomic mass is 10.3. The molecular weight excluding hydrogens is 212 g/mol. The van der Waals surface area contributed by atoms with E-state index in [1.165, 1.54) is 16.8 Å². The first kappa shape index (κ1) is 12.5. The van der Waals surface area contributed by atoms with Crippen LogP contribution in [0.1, 0.15) is 6.42 Å². The van der Waals surface area contributed by atoms with Crippen molar-refractivity contribution in [2.24, 2.45) is 11.8 Å². The Labute approximate surface area is 93.8 Å². The number of hydrogen-bond acceptors (Lipinski definition) is 3. The van der Waals surface area contributed by atoms with Gasteiger partial charge in [0, 0.05) is 21.1 Å². The maximum absolute atomic E-state index is 11.7. The average molecular weight is 228 g/mol. The zero-order chi connectivity index (χ0) is 12.5. The molecule has 6 nitrogen and oxygen atoms in total. The summed E-state index contributed by atoms with van der Waals surface area (Å²) in [5.41, 5.74) is 0. The lowest BCUT2D eigenvalue weighted by molar-refractivity contribution is -0.142. The minimum absolute atomic E-state index is 0.00529. The molecule has 0 heterocycles. The van der Waals surface area contributed by atoms with Crippen LogP contribution >= 0.6 is 0 Å². The fourth-order valence-electron chi connectivity index (χ4n) is 1.45. The molecule has 1 fully saturated rings. The van der Waals surface area contributed by atoms with E-state index in [0.29, 0.717) is 6.42 Å². The van der Waals surface area contributed by atoms with Crippen LogP contribution in [0.4, 0.5) is 0 Å². The second-order valence-corrected chi connectivity index (χ2v) is 4.27. The third-order valence-electron chi connectivity index (χ3n) is 2.67. The first-order chi connectivity index (χ1) is 7.34. The molecule has 0 bridgehead atoms. The SMILES string of the molecule is CN(C)C(=O)CN(C)C(=O)C1CC1C(=O)O. The summed E-state index contributed by atoms with van der Waals surface area (Å²) in [5, 5.41) is 8.68. The predicted octanol–water partition coefficient (Wildman–Crippen LogP) is -0.746. The van der Waals surface area contributed by atoms with E-state index in [-0.39, 0.29) is 18.4 Å². The first-order valence-electron chi connectivity index (χ1n) is 5.02. The Morgan fingerprint density at radius 3 is 2.12 bits per heavy atom. The van der Waals surface area contributed by atoms with Crippen molar-refractivity contribution >= 4 is 17.8 Å². The predicted molar refractivity (Wildman–Crippen MR) is 55.6 cm³/mol. The topological polar surface area (TPSA) is 77.9 Å². The minimum Gasteiger partial charge on any atom is -0.481 e. The van der Waals surface area contributed by atoms with Crippen molar-refractivity contribution in [1.29, 1.82) is 0 Å². The molecule has 16 heavy (non-hydrogen) atoms. The lowest BCUT2D eigenvalue weighted by Gasteiger charge is -2.19. The molecule has 1 N–H and O–H groups in total. The molecular formula is C10H16N2O4. The number of carbonyl (C=O) groups excluding carboxylic acids is 2. The number of aliphatic carboxylic acids is 1. The maximum Gasteiger partial charge on any atom is 0.307 e. The summed E-state index contributed by atoms with van der Waals surface area (Å²) >= 11 is 0. The third-order valence-corrected chi connectivity index (χ3v) is 2.67. The van der Waals surface area contributed by atoms with E-state index in [1.54, 1.807) is 14.1 Å². The van der Waals surface area contributed by atoms with Crippen LogP contribution in [-0.2, 0) is 14.4 Å². The molecule has 0 aromatic heterocycles. The van der Waals surface area contributed by atoms with E-state index < -0.39 is 17.8 Å². The Bertz CT molecular complexity index is 327. The molecule has 2 atom stereocenters. The molecule has 0 spiro atoms. The number of carboxylic acids is 1. The Balaban J connectivity index is 2.44. The minimum atomic E-state index is -0.939. The fourth-order valence-corrected chi connectivity index (χ4v) is 1.45. The molecule has 0 aromatic rings. The van der Waals surface area contributed by atoms with Crippen molar-refractivity contribution in [3.8, 4) is 0 Å². The van der Waals surface area contributed by atoms with Crippen LogP contribution in [-0.4, -0.2) is 60.4 Å². The summed E-state index contributed by atoms with van der Waals surface area (Å²) in [6, 6.07) is 0. The summed E-state index contributed by atoms with van der Waals surface area (Å²) in [6.07, 6.45) is 0.384. The molecule has 0 aliphatic heterocycles. The second-order valence-electron chi connectivity index (χ2n) is 4.27. The van der Waals surface area contributed by atoms with Gasteiger partial charge in [-0.3, -0.25) is 14.4 Å². The largest absolute Gasteiger partial charge is 0.481 e. The normalized spacial score (nSPS) is 22.4. The van der Waals surface area contributed by atoms with E-state index in [1.807, 2.05) is 0 Å². The van der Waals surface area contributed by atoms with Crippen molar-refractivity contribution in [3.05, 3.63) is 0 Å². The fraction of sp³-hybridized carbons (Fsp3) is 0.700. The standard InChI is InChI=1S/C10H16N2O4/c1-11(2)8(13)5-12(3)9(14)6-4-7(6)10(15)16/h6-7H,4-5H2,1-3H3,(H,15,16). The van der Waals surface area contributed by atoms with Crippen molar-refractivity contribution in [2.75, 3.05) is 27.7 Å². The lowest BCUT2D eigenvalue weighted by Crippen LogP contribution is -2.38. The van der Waals surface area contributed by atoms with E-state index in [2.05, 4.69) is 0 Å². The van der Waals surface area contributed by atoms with Gasteiger partial charge in [0.2, 0.25) is 11.8 Å². The molecule has 6 heteroatoms. The molecule has 2 unspecified atom stereocenters. The molecule has 1 saturated carbocycles. The van der Waals surface area contributed by atoms with E-state index in [4.69, 9.17) is 5.11 Å². The van der Waals surface area contributed by atoms with E-state index in [0.717, 1.165) is 0 Å². The molecule has 0 aromatic carbocycles. The molecule has 1 rings (SSSR count). The highest BCUT2D eigenvalue weighted by Gasteiger charge is 2.49. The molecule has 0 radical (unpaired) electrons. The summed E-state index contributed by atoms with van der Waals surface area (Å²) in [7, 11) is 4.73. The quantitative estimate of drug-likeness (QED) is 0.687. The molecule has 0 saturated heterocycles. The van der Waals surface area contributed by atoms with Crippen molar-refractivity contribution in [3.63, 3.8) is 0 Å². The van der Waals surface area contributed by atoms with Crippen molar-refractivity contribution in [2.45, 2.75) is 6.42 Å². The highest BCUT2D eigenvalue weighted by atomic mass is 16.4. The van der Waals surface area contributed by atoms with Gasteiger partial charge in [0.05, 0.1) is 18.4 Å². The highest BCUT2D eigenvalue weighted by Crippen LogP contribution is 2.39. The van der Waals surface area contributed by atoms with Crippen LogP contribution in [0.3, 0.4) is 0 Å². The van der Waals surface area contributed by atoms with Gasteiger partial charge in [-0.25, -0.2) is 0 Å². The first-order valence-corrected chi connectivity index (χ1v) is 5.02. The number of likely N-dealkylation sites (N-methyl/N-ethyl adjacent to an activating group) is 2. The van der Waals surface area contributed by atoms with Gasteiger partial charge in [-0.2, -0.15) is 0 Å². The zero-order valence-corrected chi connectivity index (χ0v) is 9.64. The zero-order valence-electron chi connectivity index (χ0n) is 9.64. The molecule has 1 aliphatic carbocycles. The number of rotatable bonds is 4. The summed E-state index contributed by atoms with van der Waals surface area (Å²) in [5.74, 6) is -2.39. The van der Waals surface area contributed by atoms with Gasteiger partial charge in [0.1, 0.15) is 0 Å². The van der Waals surface area contributed by atoms with Crippen LogP contribution in [0.25, 0.3) is 0 Å². The van der Waals surface area contributed by atoms with Crippen LogP contribution in [0.2, 0.25) is 0 Å². The Morgan fingerprint density at radius 1 is 1.19 bits per heavy atom. The highest BCUT2D eigenvalue weighted by molar-refractivity contribution is 5.91. The van der Waals surface area contributed by atoms with Crippen molar-refractivity contribution in [1.82, 2.24) is 9.80 Å². The number of hydrogen-bond donors (Lipinski definition) is 1. The smallest absolute Gasteiger partial charge is 0.307 e. The van der Waals surface area contributed by atoms with Gasteiger partial charge in [0.15, 0.2) is 0 Å². The average Bonchev–Trinajstić information content (AvgIpc) is 2.95. The Morgan fingerprint density at radius 2 is 1.75 bits per heavy atom. The van der Waals surface area contributed by atoms with Crippen molar-refractivity contribution < 1.29 is 19.5 Å². The summed E-state index contributed by atoms with van der Waals surface area (Å²) < 4.78 is 0.